The SMILES string of the molecule is CN(C)CCNC(=O)c1cccc(-c2ccc(-c3ccc(Oc4ccccc4)cc3)n2-c2ccc(F)cc2)c1. The number of amides is 1. The highest BCUT2D eigenvalue weighted by Gasteiger charge is 2.16. The smallest absolute Gasteiger partial charge is 0.251 e. The first-order chi connectivity index (χ1) is 19.0. The summed E-state index contributed by atoms with van der Waals surface area (Å²) in [6.45, 7) is 1.33. The van der Waals surface area contributed by atoms with Crippen molar-refractivity contribution in [1.82, 2.24) is 14.8 Å². The molecule has 1 aromatic heterocycles. The Bertz CT molecular complexity index is 1540. The van der Waals surface area contributed by atoms with Crippen LogP contribution in [0.15, 0.2) is 115 Å². The summed E-state index contributed by atoms with van der Waals surface area (Å²) in [4.78, 5) is 14.8. The first kappa shape index (κ1) is 25.9. The number of para-hydroxylation sites is 1. The van der Waals surface area contributed by atoms with E-state index in [1.807, 2.05) is 110 Å². The van der Waals surface area contributed by atoms with E-state index in [2.05, 4.69) is 9.88 Å². The lowest BCUT2D eigenvalue weighted by molar-refractivity contribution is 0.0951. The third kappa shape index (κ3) is 6.25. The van der Waals surface area contributed by atoms with E-state index in [1.165, 1.54) is 12.1 Å². The van der Waals surface area contributed by atoms with Gasteiger partial charge < -0.3 is 19.5 Å². The number of likely N-dealkylation sites (N-methyl/N-ethyl adjacent to an activating group) is 1. The van der Waals surface area contributed by atoms with E-state index in [9.17, 15) is 9.18 Å². The third-order valence-electron chi connectivity index (χ3n) is 6.36. The summed E-state index contributed by atoms with van der Waals surface area (Å²) in [7, 11) is 3.94. The Morgan fingerprint density at radius 2 is 1.44 bits per heavy atom. The van der Waals surface area contributed by atoms with Crippen molar-refractivity contribution in [3.05, 3.63) is 127 Å². The quantitative estimate of drug-likeness (QED) is 0.227. The van der Waals surface area contributed by atoms with Crippen LogP contribution in [0.4, 0.5) is 4.39 Å². The number of aromatic nitrogens is 1. The normalized spacial score (nSPS) is 11.0. The van der Waals surface area contributed by atoms with Crippen LogP contribution in [0.5, 0.6) is 11.5 Å². The van der Waals surface area contributed by atoms with Gasteiger partial charge in [-0.1, -0.05) is 30.3 Å². The summed E-state index contributed by atoms with van der Waals surface area (Å²) in [6.07, 6.45) is 0. The first-order valence-electron chi connectivity index (χ1n) is 12.8. The minimum absolute atomic E-state index is 0.118. The lowest BCUT2D eigenvalue weighted by atomic mass is 10.1. The van der Waals surface area contributed by atoms with Gasteiger partial charge >= 0.3 is 0 Å². The van der Waals surface area contributed by atoms with E-state index in [0.29, 0.717) is 12.1 Å². The number of ether oxygens (including phenoxy) is 1. The fraction of sp³-hybridized carbons (Fsp3) is 0.121. The van der Waals surface area contributed by atoms with Crippen LogP contribution >= 0.6 is 0 Å². The number of nitrogens with zero attached hydrogens (tertiary/aromatic N) is 2. The van der Waals surface area contributed by atoms with Crippen LogP contribution in [0, 0.1) is 5.82 Å². The topological polar surface area (TPSA) is 46.5 Å². The average Bonchev–Trinajstić information content (AvgIpc) is 3.39. The molecule has 0 saturated heterocycles. The monoisotopic (exact) mass is 519 g/mol. The number of nitrogens with one attached hydrogen (secondary N) is 1. The Labute approximate surface area is 228 Å². The van der Waals surface area contributed by atoms with Crippen LogP contribution in [0.1, 0.15) is 10.4 Å². The molecule has 0 aliphatic carbocycles. The number of hydrogen-bond acceptors (Lipinski definition) is 3. The zero-order valence-corrected chi connectivity index (χ0v) is 22.0. The van der Waals surface area contributed by atoms with Crippen molar-refractivity contribution in [3.8, 4) is 39.7 Å². The lowest BCUT2D eigenvalue weighted by Gasteiger charge is -2.16. The minimum atomic E-state index is -0.298. The molecule has 0 spiro atoms. The molecule has 0 atom stereocenters. The molecular weight excluding hydrogens is 489 g/mol. The van der Waals surface area contributed by atoms with E-state index >= 15 is 0 Å². The molecule has 0 unspecified atom stereocenters. The molecule has 0 bridgehead atoms. The fourth-order valence-corrected chi connectivity index (χ4v) is 4.39. The maximum atomic E-state index is 13.8. The third-order valence-corrected chi connectivity index (χ3v) is 6.36. The van der Waals surface area contributed by atoms with Gasteiger partial charge in [-0.2, -0.15) is 0 Å². The predicted octanol–water partition coefficient (Wildman–Crippen LogP) is 7.03. The van der Waals surface area contributed by atoms with Crippen LogP contribution < -0.4 is 10.1 Å². The number of halogens is 1. The molecule has 4 aromatic carbocycles. The maximum absolute atomic E-state index is 13.8. The highest BCUT2D eigenvalue weighted by Crippen LogP contribution is 2.34. The minimum Gasteiger partial charge on any atom is -0.457 e. The number of benzene rings is 4. The zero-order valence-electron chi connectivity index (χ0n) is 22.0. The summed E-state index contributed by atoms with van der Waals surface area (Å²) >= 11 is 0. The summed E-state index contributed by atoms with van der Waals surface area (Å²) in [6, 6.07) is 35.6. The largest absolute Gasteiger partial charge is 0.457 e. The van der Waals surface area contributed by atoms with Crippen molar-refractivity contribution in [3.63, 3.8) is 0 Å². The van der Waals surface area contributed by atoms with Gasteiger partial charge in [-0.05, 0) is 110 Å². The van der Waals surface area contributed by atoms with E-state index in [4.69, 9.17) is 4.74 Å². The Balaban J connectivity index is 1.49. The molecule has 5 aromatic rings. The molecule has 0 fully saturated rings. The van der Waals surface area contributed by atoms with Crippen LogP contribution in [0.3, 0.4) is 0 Å². The van der Waals surface area contributed by atoms with Crippen LogP contribution in [-0.4, -0.2) is 42.6 Å². The molecule has 0 saturated carbocycles. The van der Waals surface area contributed by atoms with Crippen molar-refractivity contribution >= 4 is 5.91 Å². The molecule has 0 aliphatic rings. The van der Waals surface area contributed by atoms with E-state index in [-0.39, 0.29) is 11.7 Å². The van der Waals surface area contributed by atoms with E-state index in [0.717, 1.165) is 46.2 Å². The molecule has 1 amide bonds. The molecule has 0 aliphatic heterocycles. The molecule has 6 heteroatoms. The summed E-state index contributed by atoms with van der Waals surface area (Å²) in [5.41, 5.74) is 5.09. The van der Waals surface area contributed by atoms with Crippen molar-refractivity contribution in [1.29, 1.82) is 0 Å². The second-order valence-electron chi connectivity index (χ2n) is 9.50. The highest BCUT2D eigenvalue weighted by atomic mass is 19.1. The van der Waals surface area contributed by atoms with Gasteiger partial charge in [0.15, 0.2) is 0 Å². The number of hydrogen-bond donors (Lipinski definition) is 1. The van der Waals surface area contributed by atoms with Gasteiger partial charge in [0.05, 0.1) is 11.4 Å². The summed E-state index contributed by atoms with van der Waals surface area (Å²) in [5.74, 6) is 1.09. The zero-order chi connectivity index (χ0) is 27.2. The van der Waals surface area contributed by atoms with Crippen molar-refractivity contribution < 1.29 is 13.9 Å². The van der Waals surface area contributed by atoms with Gasteiger partial charge in [-0.3, -0.25) is 4.79 Å². The molecular formula is C33H30FN3O2. The van der Waals surface area contributed by atoms with E-state index in [1.54, 1.807) is 12.1 Å². The van der Waals surface area contributed by atoms with Gasteiger partial charge in [0.2, 0.25) is 0 Å². The van der Waals surface area contributed by atoms with Gasteiger partial charge in [0, 0.05) is 24.3 Å². The number of carbonyl (C=O) groups excluding carboxylic acids is 1. The van der Waals surface area contributed by atoms with Crippen LogP contribution in [-0.2, 0) is 0 Å². The fourth-order valence-electron chi connectivity index (χ4n) is 4.39. The molecule has 0 radical (unpaired) electrons. The lowest BCUT2D eigenvalue weighted by Crippen LogP contribution is -2.31. The summed E-state index contributed by atoms with van der Waals surface area (Å²) in [5, 5.41) is 2.97. The standard InChI is InChI=1S/C33H30FN3O2/c1-36(2)22-21-35-33(38)26-8-6-7-25(23-26)32-20-19-31(37(32)28-15-13-27(34)14-16-28)24-11-17-30(18-12-24)39-29-9-4-3-5-10-29/h3-20,23H,21-22H2,1-2H3,(H,35,38). The van der Waals surface area contributed by atoms with E-state index < -0.39 is 0 Å². The molecule has 5 nitrogen and oxygen atoms in total. The Morgan fingerprint density at radius 1 is 0.769 bits per heavy atom. The first-order valence-corrected chi connectivity index (χ1v) is 12.8. The van der Waals surface area contributed by atoms with Gasteiger partial charge in [0.25, 0.3) is 5.91 Å². The van der Waals surface area contributed by atoms with Crippen molar-refractivity contribution in [2.75, 3.05) is 27.2 Å². The Kier molecular flexibility index (Phi) is 7.85. The van der Waals surface area contributed by atoms with Crippen LogP contribution in [0.2, 0.25) is 0 Å². The highest BCUT2D eigenvalue weighted by molar-refractivity contribution is 5.95. The molecule has 1 N–H and O–H groups in total. The predicted molar refractivity (Wildman–Crippen MR) is 154 cm³/mol. The summed E-state index contributed by atoms with van der Waals surface area (Å²) < 4.78 is 21.9. The maximum Gasteiger partial charge on any atom is 0.251 e. The van der Waals surface area contributed by atoms with Gasteiger partial charge in [0.1, 0.15) is 17.3 Å². The molecule has 196 valence electrons. The average molecular weight is 520 g/mol. The van der Waals surface area contributed by atoms with Gasteiger partial charge in [-0.15, -0.1) is 0 Å². The number of carbonyl (C=O) groups is 1. The molecule has 1 heterocycles. The molecule has 5 rings (SSSR count). The van der Waals surface area contributed by atoms with Crippen LogP contribution in [0.25, 0.3) is 28.2 Å². The van der Waals surface area contributed by atoms with Crippen molar-refractivity contribution in [2.24, 2.45) is 0 Å². The van der Waals surface area contributed by atoms with Gasteiger partial charge in [-0.25, -0.2) is 4.39 Å². The Hall–Kier alpha value is -4.68. The van der Waals surface area contributed by atoms with Crippen molar-refractivity contribution in [2.45, 2.75) is 0 Å². The molecule has 39 heavy (non-hydrogen) atoms. The second-order valence-corrected chi connectivity index (χ2v) is 9.50. The Morgan fingerprint density at radius 3 is 2.13 bits per heavy atom. The number of rotatable bonds is 9. The second kappa shape index (κ2) is 11.8.